The molecule has 3 aromatic rings. The molecular formula is C20H22F2N6O2. The molecule has 0 spiro atoms. The van der Waals surface area contributed by atoms with E-state index in [9.17, 15) is 13.6 Å². The van der Waals surface area contributed by atoms with E-state index in [1.54, 1.807) is 6.07 Å². The maximum absolute atomic E-state index is 12.6. The lowest BCUT2D eigenvalue weighted by Crippen LogP contribution is -2.46. The highest BCUT2D eigenvalue weighted by molar-refractivity contribution is 5.81. The van der Waals surface area contributed by atoms with Gasteiger partial charge in [0.05, 0.1) is 30.3 Å². The van der Waals surface area contributed by atoms with E-state index in [-0.39, 0.29) is 0 Å². The first kappa shape index (κ1) is 19.1. The van der Waals surface area contributed by atoms with Gasteiger partial charge in [-0.15, -0.1) is 0 Å². The number of halogens is 2. The molecule has 2 aliphatic rings. The number of fused-ring (bicyclic) bond motifs is 1. The molecule has 5 rings (SSSR count). The van der Waals surface area contributed by atoms with Crippen LogP contribution in [0.3, 0.4) is 0 Å². The Kier molecular flexibility index (Phi) is 4.93. The quantitative estimate of drug-likeness (QED) is 0.610. The van der Waals surface area contributed by atoms with E-state index in [4.69, 9.17) is 4.52 Å². The Morgan fingerprint density at radius 3 is 2.70 bits per heavy atom. The zero-order valence-corrected chi connectivity index (χ0v) is 16.4. The van der Waals surface area contributed by atoms with Crippen LogP contribution in [0.4, 0.5) is 14.5 Å². The van der Waals surface area contributed by atoms with Crippen LogP contribution in [-0.2, 0) is 13.1 Å². The van der Waals surface area contributed by atoms with Crippen molar-refractivity contribution in [2.75, 3.05) is 31.1 Å². The number of aromatic nitrogens is 4. The van der Waals surface area contributed by atoms with Crippen LogP contribution in [-0.4, -0.2) is 57.2 Å². The number of benzene rings is 1. The topological polar surface area (TPSA) is 80.3 Å². The third-order valence-corrected chi connectivity index (χ3v) is 5.66. The molecule has 1 saturated carbocycles. The first-order valence-electron chi connectivity index (χ1n) is 10.1. The largest absolute Gasteiger partial charge is 0.369 e. The van der Waals surface area contributed by atoms with Gasteiger partial charge < -0.3 is 9.42 Å². The van der Waals surface area contributed by atoms with Crippen molar-refractivity contribution in [3.63, 3.8) is 0 Å². The molecule has 2 aromatic heterocycles. The molecule has 1 aromatic carbocycles. The van der Waals surface area contributed by atoms with Gasteiger partial charge in [-0.1, -0.05) is 5.16 Å². The SMILES string of the molecule is O=c1c2ccc(N3CCN(Cc4noc(C5CC5)n4)CC3)cc2ncn1CC(F)F. The lowest BCUT2D eigenvalue weighted by molar-refractivity contribution is 0.125. The van der Waals surface area contributed by atoms with Gasteiger partial charge >= 0.3 is 0 Å². The van der Waals surface area contributed by atoms with Crippen LogP contribution >= 0.6 is 0 Å². The molecule has 1 aliphatic heterocycles. The summed E-state index contributed by atoms with van der Waals surface area (Å²) in [5.41, 5.74) is 1.04. The number of piperazine rings is 1. The molecule has 1 saturated heterocycles. The van der Waals surface area contributed by atoms with Crippen LogP contribution in [0.5, 0.6) is 0 Å². The zero-order chi connectivity index (χ0) is 20.7. The Bertz CT molecular complexity index is 1100. The van der Waals surface area contributed by atoms with E-state index in [0.717, 1.165) is 61.0 Å². The minimum atomic E-state index is -2.59. The summed E-state index contributed by atoms with van der Waals surface area (Å²) in [4.78, 5) is 25.6. The van der Waals surface area contributed by atoms with Gasteiger partial charge in [-0.05, 0) is 31.0 Å². The predicted molar refractivity (Wildman–Crippen MR) is 106 cm³/mol. The molecule has 2 fully saturated rings. The third kappa shape index (κ3) is 3.91. The molecule has 0 radical (unpaired) electrons. The molecular weight excluding hydrogens is 394 g/mol. The van der Waals surface area contributed by atoms with Crippen LogP contribution < -0.4 is 10.5 Å². The van der Waals surface area contributed by atoms with E-state index in [2.05, 4.69) is 24.9 Å². The Labute approximate surface area is 171 Å². The second kappa shape index (κ2) is 7.75. The second-order valence-electron chi connectivity index (χ2n) is 7.88. The fraction of sp³-hybridized carbons (Fsp3) is 0.500. The van der Waals surface area contributed by atoms with Gasteiger partial charge in [-0.3, -0.25) is 14.3 Å². The molecule has 3 heterocycles. The van der Waals surface area contributed by atoms with Gasteiger partial charge in [0, 0.05) is 37.8 Å². The highest BCUT2D eigenvalue weighted by Crippen LogP contribution is 2.38. The second-order valence-corrected chi connectivity index (χ2v) is 7.88. The summed E-state index contributed by atoms with van der Waals surface area (Å²) in [7, 11) is 0. The molecule has 0 atom stereocenters. The lowest BCUT2D eigenvalue weighted by Gasteiger charge is -2.35. The number of anilines is 1. The van der Waals surface area contributed by atoms with Crippen molar-refractivity contribution in [1.82, 2.24) is 24.6 Å². The molecule has 30 heavy (non-hydrogen) atoms. The first-order valence-corrected chi connectivity index (χ1v) is 10.1. The Morgan fingerprint density at radius 1 is 1.17 bits per heavy atom. The maximum atomic E-state index is 12.6. The van der Waals surface area contributed by atoms with Crippen molar-refractivity contribution < 1.29 is 13.3 Å². The number of hydrogen-bond donors (Lipinski definition) is 0. The number of alkyl halides is 2. The molecule has 0 N–H and O–H groups in total. The summed E-state index contributed by atoms with van der Waals surface area (Å²) in [6.45, 7) is 3.38. The van der Waals surface area contributed by atoms with Crippen molar-refractivity contribution in [2.24, 2.45) is 0 Å². The average molecular weight is 416 g/mol. The van der Waals surface area contributed by atoms with Gasteiger partial charge in [0.15, 0.2) is 5.82 Å². The Hall–Kier alpha value is -2.88. The Morgan fingerprint density at radius 2 is 1.97 bits per heavy atom. The summed E-state index contributed by atoms with van der Waals surface area (Å²) in [5, 5.41) is 4.44. The smallest absolute Gasteiger partial charge is 0.261 e. The van der Waals surface area contributed by atoms with Gasteiger partial charge in [0.2, 0.25) is 5.89 Å². The fourth-order valence-electron chi connectivity index (χ4n) is 3.81. The van der Waals surface area contributed by atoms with Crippen molar-refractivity contribution in [3.05, 3.63) is 46.6 Å². The summed E-state index contributed by atoms with van der Waals surface area (Å²) < 4.78 is 31.5. The van der Waals surface area contributed by atoms with Gasteiger partial charge in [0.25, 0.3) is 12.0 Å². The molecule has 10 heteroatoms. The lowest BCUT2D eigenvalue weighted by atomic mass is 10.2. The van der Waals surface area contributed by atoms with Gasteiger partial charge in [-0.2, -0.15) is 4.98 Å². The summed E-state index contributed by atoms with van der Waals surface area (Å²) >= 11 is 0. The van der Waals surface area contributed by atoms with Gasteiger partial charge in [-0.25, -0.2) is 13.8 Å². The predicted octanol–water partition coefficient (Wildman–Crippen LogP) is 2.24. The molecule has 1 aliphatic carbocycles. The fourth-order valence-corrected chi connectivity index (χ4v) is 3.81. The number of hydrogen-bond acceptors (Lipinski definition) is 7. The zero-order valence-electron chi connectivity index (χ0n) is 16.4. The van der Waals surface area contributed by atoms with E-state index >= 15 is 0 Å². The van der Waals surface area contributed by atoms with Crippen LogP contribution in [0, 0.1) is 0 Å². The minimum Gasteiger partial charge on any atom is -0.369 e. The molecule has 0 bridgehead atoms. The summed E-state index contributed by atoms with van der Waals surface area (Å²) in [5.74, 6) is 1.96. The monoisotopic (exact) mass is 416 g/mol. The van der Waals surface area contributed by atoms with Crippen LogP contribution in [0.2, 0.25) is 0 Å². The number of rotatable bonds is 6. The summed E-state index contributed by atoms with van der Waals surface area (Å²) in [6, 6.07) is 5.38. The van der Waals surface area contributed by atoms with E-state index < -0.39 is 18.5 Å². The van der Waals surface area contributed by atoms with Crippen molar-refractivity contribution in [1.29, 1.82) is 0 Å². The molecule has 158 valence electrons. The van der Waals surface area contributed by atoms with Crippen molar-refractivity contribution in [3.8, 4) is 0 Å². The van der Waals surface area contributed by atoms with E-state index in [1.165, 1.54) is 6.33 Å². The standard InChI is InChI=1S/C20H22F2N6O2/c21-17(22)10-28-12-23-16-9-14(3-4-15(16)20(28)29)27-7-5-26(6-8-27)11-18-24-19(30-25-18)13-1-2-13/h3-4,9,12-13,17H,1-2,5-8,10-11H2. The van der Waals surface area contributed by atoms with E-state index in [1.807, 2.05) is 12.1 Å². The van der Waals surface area contributed by atoms with Crippen LogP contribution in [0.25, 0.3) is 10.9 Å². The highest BCUT2D eigenvalue weighted by atomic mass is 19.3. The van der Waals surface area contributed by atoms with Gasteiger partial charge in [0.1, 0.15) is 0 Å². The van der Waals surface area contributed by atoms with E-state index in [0.29, 0.717) is 23.4 Å². The molecule has 8 nitrogen and oxygen atoms in total. The third-order valence-electron chi connectivity index (χ3n) is 5.66. The molecule has 0 amide bonds. The number of nitrogens with zero attached hydrogens (tertiary/aromatic N) is 6. The maximum Gasteiger partial charge on any atom is 0.261 e. The first-order chi connectivity index (χ1) is 14.6. The summed E-state index contributed by atoms with van der Waals surface area (Å²) in [6.07, 6.45) is 0.881. The van der Waals surface area contributed by atoms with Crippen LogP contribution in [0.15, 0.2) is 33.8 Å². The minimum absolute atomic E-state index is 0.351. The normalized spacial score (nSPS) is 17.9. The molecule has 0 unspecified atom stereocenters. The Balaban J connectivity index is 1.24. The average Bonchev–Trinajstić information content (AvgIpc) is 3.49. The highest BCUT2D eigenvalue weighted by Gasteiger charge is 2.30. The van der Waals surface area contributed by atoms with Crippen molar-refractivity contribution >= 4 is 16.6 Å². The van der Waals surface area contributed by atoms with Crippen LogP contribution in [0.1, 0.15) is 30.5 Å². The van der Waals surface area contributed by atoms with Crippen molar-refractivity contribution in [2.45, 2.75) is 38.3 Å².